The van der Waals surface area contributed by atoms with Crippen molar-refractivity contribution in [1.29, 1.82) is 0 Å². The van der Waals surface area contributed by atoms with Crippen LogP contribution in [0, 0.1) is 13.8 Å². The van der Waals surface area contributed by atoms with E-state index in [-0.39, 0.29) is 23.9 Å². The van der Waals surface area contributed by atoms with Crippen LogP contribution in [-0.4, -0.2) is 72.2 Å². The van der Waals surface area contributed by atoms with E-state index in [9.17, 15) is 9.59 Å². The molecular formula is C28H30N8O2. The highest BCUT2D eigenvalue weighted by Gasteiger charge is 2.37. The van der Waals surface area contributed by atoms with Gasteiger partial charge in [0.15, 0.2) is 0 Å². The first-order valence-electron chi connectivity index (χ1n) is 13.0. The van der Waals surface area contributed by atoms with Crippen molar-refractivity contribution in [3.63, 3.8) is 0 Å². The molecule has 38 heavy (non-hydrogen) atoms. The summed E-state index contributed by atoms with van der Waals surface area (Å²) in [5.74, 6) is 0.449. The standard InChI is InChI=1S/C28H30N8O2/c1-16-10-17(2)12-20(11-16)30-28-29-15-22-23(31-28)7-9-36(27(22)38)21-6-8-35(18(3)13-21)26(37)19-4-5-24-25(14-19)33-34-32-24/h4-5,10-12,14-15,18,21H,6-9,13H2,1-3H3,(H,29,30,31)(H,32,33,34)/t18-,21?/m1/s1. The lowest BCUT2D eigenvalue weighted by Gasteiger charge is -2.43. The lowest BCUT2D eigenvalue weighted by molar-refractivity contribution is 0.0398. The second kappa shape index (κ2) is 9.51. The van der Waals surface area contributed by atoms with Crippen molar-refractivity contribution in [2.24, 2.45) is 0 Å². The van der Waals surface area contributed by atoms with Crippen molar-refractivity contribution in [1.82, 2.24) is 35.2 Å². The number of carbonyl (C=O) groups is 2. The van der Waals surface area contributed by atoms with Crippen LogP contribution < -0.4 is 5.32 Å². The minimum atomic E-state index is -0.0299. The Bertz CT molecular complexity index is 1530. The molecule has 2 amide bonds. The Balaban J connectivity index is 1.13. The Hall–Kier alpha value is -4.34. The van der Waals surface area contributed by atoms with E-state index in [1.54, 1.807) is 18.3 Å². The maximum atomic E-state index is 13.4. The van der Waals surface area contributed by atoms with Crippen molar-refractivity contribution in [3.05, 3.63) is 70.5 Å². The van der Waals surface area contributed by atoms with E-state index in [1.165, 1.54) is 0 Å². The first kappa shape index (κ1) is 24.0. The zero-order valence-electron chi connectivity index (χ0n) is 21.7. The van der Waals surface area contributed by atoms with Gasteiger partial charge in [0.2, 0.25) is 5.95 Å². The van der Waals surface area contributed by atoms with Gasteiger partial charge in [-0.3, -0.25) is 14.7 Å². The van der Waals surface area contributed by atoms with Crippen LogP contribution in [0.25, 0.3) is 11.0 Å². The second-order valence-corrected chi connectivity index (χ2v) is 10.4. The first-order chi connectivity index (χ1) is 18.4. The number of aryl methyl sites for hydroxylation is 2. The number of hydrogen-bond acceptors (Lipinski definition) is 7. The molecule has 2 aromatic heterocycles. The Kier molecular flexibility index (Phi) is 6.01. The quantitative estimate of drug-likeness (QED) is 0.428. The molecule has 0 saturated carbocycles. The molecule has 0 spiro atoms. The largest absolute Gasteiger partial charge is 0.336 e. The molecule has 1 unspecified atom stereocenters. The number of aromatic amines is 1. The molecule has 6 rings (SSSR count). The van der Waals surface area contributed by atoms with Crippen molar-refractivity contribution >= 4 is 34.5 Å². The number of aromatic nitrogens is 5. The third-order valence-electron chi connectivity index (χ3n) is 7.55. The highest BCUT2D eigenvalue weighted by molar-refractivity contribution is 5.98. The fourth-order valence-corrected chi connectivity index (χ4v) is 5.73. The van der Waals surface area contributed by atoms with Crippen LogP contribution in [0.2, 0.25) is 0 Å². The third kappa shape index (κ3) is 4.46. The number of hydrogen-bond donors (Lipinski definition) is 2. The summed E-state index contributed by atoms with van der Waals surface area (Å²) in [4.78, 5) is 39.7. The maximum Gasteiger partial charge on any atom is 0.257 e. The molecule has 0 bridgehead atoms. The molecule has 2 N–H and O–H groups in total. The van der Waals surface area contributed by atoms with Gasteiger partial charge in [0.25, 0.3) is 11.8 Å². The molecule has 2 aliphatic rings. The molecule has 4 aromatic rings. The van der Waals surface area contributed by atoms with Crippen molar-refractivity contribution in [2.75, 3.05) is 18.4 Å². The molecule has 10 heteroatoms. The fraction of sp³-hybridized carbons (Fsp3) is 0.357. The highest BCUT2D eigenvalue weighted by Crippen LogP contribution is 2.29. The van der Waals surface area contributed by atoms with Crippen LogP contribution in [-0.2, 0) is 6.42 Å². The number of likely N-dealkylation sites (tertiary alicyclic amines) is 1. The average Bonchev–Trinajstić information content (AvgIpc) is 3.36. The summed E-state index contributed by atoms with van der Waals surface area (Å²) in [6.45, 7) is 7.36. The van der Waals surface area contributed by atoms with E-state index >= 15 is 0 Å². The van der Waals surface area contributed by atoms with Crippen molar-refractivity contribution < 1.29 is 9.59 Å². The van der Waals surface area contributed by atoms with Crippen LogP contribution in [0.3, 0.4) is 0 Å². The van der Waals surface area contributed by atoms with E-state index < -0.39 is 0 Å². The van der Waals surface area contributed by atoms with Gasteiger partial charge in [0.1, 0.15) is 5.52 Å². The number of fused-ring (bicyclic) bond motifs is 2. The summed E-state index contributed by atoms with van der Waals surface area (Å²) in [5.41, 5.74) is 6.67. The zero-order valence-corrected chi connectivity index (χ0v) is 21.7. The van der Waals surface area contributed by atoms with Crippen LogP contribution in [0.1, 0.15) is 57.3 Å². The van der Waals surface area contributed by atoms with Gasteiger partial charge < -0.3 is 15.1 Å². The molecule has 0 aliphatic carbocycles. The lowest BCUT2D eigenvalue weighted by atomic mass is 9.93. The van der Waals surface area contributed by atoms with Gasteiger partial charge in [-0.25, -0.2) is 9.97 Å². The zero-order chi connectivity index (χ0) is 26.4. The normalized spacial score (nSPS) is 19.5. The van der Waals surface area contributed by atoms with Gasteiger partial charge in [-0.05, 0) is 75.1 Å². The number of rotatable bonds is 4. The van der Waals surface area contributed by atoms with Gasteiger partial charge in [0, 0.05) is 49.0 Å². The van der Waals surface area contributed by atoms with Gasteiger partial charge in [0.05, 0.1) is 16.8 Å². The van der Waals surface area contributed by atoms with Crippen molar-refractivity contribution in [3.8, 4) is 0 Å². The number of anilines is 2. The van der Waals surface area contributed by atoms with E-state index in [2.05, 4.69) is 57.5 Å². The number of nitrogens with zero attached hydrogens (tertiary/aromatic N) is 6. The molecule has 194 valence electrons. The summed E-state index contributed by atoms with van der Waals surface area (Å²) in [6.07, 6.45) is 3.78. The number of carbonyl (C=O) groups excluding carboxylic acids is 2. The summed E-state index contributed by atoms with van der Waals surface area (Å²) in [5, 5.41) is 13.9. The molecule has 2 aliphatic heterocycles. The van der Waals surface area contributed by atoms with Gasteiger partial charge in [-0.1, -0.05) is 11.3 Å². The second-order valence-electron chi connectivity index (χ2n) is 10.4. The molecule has 1 fully saturated rings. The average molecular weight is 511 g/mol. The van der Waals surface area contributed by atoms with Crippen molar-refractivity contribution in [2.45, 2.75) is 52.1 Å². The predicted octanol–water partition coefficient (Wildman–Crippen LogP) is 3.80. The summed E-state index contributed by atoms with van der Waals surface area (Å²) in [6, 6.07) is 11.7. The minimum Gasteiger partial charge on any atom is -0.336 e. The van der Waals surface area contributed by atoms with E-state index in [0.717, 1.165) is 40.9 Å². The van der Waals surface area contributed by atoms with Crippen LogP contribution in [0.15, 0.2) is 42.6 Å². The fourth-order valence-electron chi connectivity index (χ4n) is 5.73. The topological polar surface area (TPSA) is 120 Å². The SMILES string of the molecule is Cc1cc(C)cc(Nc2ncc3c(n2)CCN(C2CCN(C(=O)c4ccc5[nH]nnc5c4)[C@H](C)C2)C3=O)c1. The van der Waals surface area contributed by atoms with Crippen LogP contribution in [0.4, 0.5) is 11.6 Å². The number of amides is 2. The van der Waals surface area contributed by atoms with Gasteiger partial charge in [-0.15, -0.1) is 5.10 Å². The van der Waals surface area contributed by atoms with Crippen LogP contribution in [0.5, 0.6) is 0 Å². The molecule has 0 radical (unpaired) electrons. The van der Waals surface area contributed by atoms with Gasteiger partial charge in [-0.2, -0.15) is 0 Å². The maximum absolute atomic E-state index is 13.4. The number of nitrogens with one attached hydrogen (secondary N) is 2. The molecular weight excluding hydrogens is 480 g/mol. The van der Waals surface area contributed by atoms with E-state index in [1.807, 2.05) is 28.0 Å². The molecule has 1 saturated heterocycles. The van der Waals surface area contributed by atoms with Crippen LogP contribution >= 0.6 is 0 Å². The van der Waals surface area contributed by atoms with Gasteiger partial charge >= 0.3 is 0 Å². The van der Waals surface area contributed by atoms with E-state index in [0.29, 0.717) is 42.1 Å². The first-order valence-corrected chi connectivity index (χ1v) is 13.0. The number of piperidine rings is 1. The Morgan fingerprint density at radius 1 is 1.11 bits per heavy atom. The monoisotopic (exact) mass is 510 g/mol. The Labute approximate surface area is 220 Å². The summed E-state index contributed by atoms with van der Waals surface area (Å²) >= 11 is 0. The Morgan fingerprint density at radius 2 is 1.92 bits per heavy atom. The number of H-pyrrole nitrogens is 1. The lowest BCUT2D eigenvalue weighted by Crippen LogP contribution is -2.54. The minimum absolute atomic E-state index is 0.00376. The molecule has 2 aromatic carbocycles. The molecule has 4 heterocycles. The highest BCUT2D eigenvalue weighted by atomic mass is 16.2. The van der Waals surface area contributed by atoms with E-state index in [4.69, 9.17) is 0 Å². The third-order valence-corrected chi connectivity index (χ3v) is 7.55. The predicted molar refractivity (Wildman–Crippen MR) is 143 cm³/mol. The smallest absolute Gasteiger partial charge is 0.257 e. The Morgan fingerprint density at radius 3 is 2.71 bits per heavy atom. The number of benzene rings is 2. The summed E-state index contributed by atoms with van der Waals surface area (Å²) < 4.78 is 0. The molecule has 10 nitrogen and oxygen atoms in total. The molecule has 2 atom stereocenters. The summed E-state index contributed by atoms with van der Waals surface area (Å²) in [7, 11) is 0.